The van der Waals surface area contributed by atoms with Gasteiger partial charge < -0.3 is 4.74 Å². The topological polar surface area (TPSA) is 26.3 Å². The highest BCUT2D eigenvalue weighted by atomic mass is 16.5. The number of carbonyl (C=O) groups excluding carboxylic acids is 1. The van der Waals surface area contributed by atoms with Gasteiger partial charge in [-0.1, -0.05) is 30.3 Å². The first-order valence-electron chi connectivity index (χ1n) is 5.86. The van der Waals surface area contributed by atoms with Crippen LogP contribution in [-0.4, -0.2) is 12.1 Å². The van der Waals surface area contributed by atoms with E-state index in [0.717, 1.165) is 24.0 Å². The van der Waals surface area contributed by atoms with Gasteiger partial charge >= 0.3 is 5.97 Å². The predicted molar refractivity (Wildman–Crippen MR) is 61.7 cm³/mol. The molecule has 1 aliphatic carbocycles. The zero-order valence-corrected chi connectivity index (χ0v) is 9.11. The monoisotopic (exact) mass is 214 g/mol. The van der Waals surface area contributed by atoms with Crippen molar-refractivity contribution in [1.29, 1.82) is 0 Å². The number of ether oxygens (including phenoxy) is 1. The van der Waals surface area contributed by atoms with Crippen molar-refractivity contribution in [3.05, 3.63) is 41.5 Å². The fourth-order valence-electron chi connectivity index (χ4n) is 2.62. The summed E-state index contributed by atoms with van der Waals surface area (Å²) in [6, 6.07) is 9.87. The van der Waals surface area contributed by atoms with Gasteiger partial charge in [0.2, 0.25) is 0 Å². The summed E-state index contributed by atoms with van der Waals surface area (Å²) in [6.45, 7) is 0. The van der Waals surface area contributed by atoms with E-state index in [2.05, 4.69) is 0 Å². The number of rotatable bonds is 1. The van der Waals surface area contributed by atoms with Crippen molar-refractivity contribution in [2.24, 2.45) is 0 Å². The molecule has 2 heteroatoms. The lowest BCUT2D eigenvalue weighted by Crippen LogP contribution is -2.15. The number of benzene rings is 1. The molecule has 2 aliphatic rings. The Morgan fingerprint density at radius 2 is 1.94 bits per heavy atom. The average Bonchev–Trinajstić information content (AvgIpc) is 2.66. The molecule has 0 N–H and O–H groups in total. The van der Waals surface area contributed by atoms with Gasteiger partial charge in [-0.05, 0) is 36.8 Å². The molecule has 1 saturated carbocycles. The lowest BCUT2D eigenvalue weighted by atomic mass is 9.88. The Morgan fingerprint density at radius 1 is 1.12 bits per heavy atom. The molecule has 1 aromatic carbocycles. The highest BCUT2D eigenvalue weighted by Crippen LogP contribution is 2.38. The first-order chi connectivity index (χ1) is 7.86. The minimum absolute atomic E-state index is 0.0662. The van der Waals surface area contributed by atoms with Gasteiger partial charge in [-0.25, -0.2) is 4.79 Å². The van der Waals surface area contributed by atoms with Crippen LogP contribution >= 0.6 is 0 Å². The van der Waals surface area contributed by atoms with Crippen molar-refractivity contribution in [3.63, 3.8) is 0 Å². The molecule has 1 aromatic rings. The van der Waals surface area contributed by atoms with Crippen molar-refractivity contribution in [1.82, 2.24) is 0 Å². The highest BCUT2D eigenvalue weighted by molar-refractivity contribution is 6.19. The second-order valence-corrected chi connectivity index (χ2v) is 4.41. The largest absolute Gasteiger partial charge is 0.454 e. The van der Waals surface area contributed by atoms with Crippen LogP contribution in [0.5, 0.6) is 0 Å². The summed E-state index contributed by atoms with van der Waals surface area (Å²) in [5.74, 6) is -0.131. The van der Waals surface area contributed by atoms with E-state index < -0.39 is 0 Å². The molecule has 82 valence electrons. The summed E-state index contributed by atoms with van der Waals surface area (Å²) in [6.07, 6.45) is 4.43. The van der Waals surface area contributed by atoms with Crippen LogP contribution in [0.1, 0.15) is 31.2 Å². The fraction of sp³-hybridized carbons (Fsp3) is 0.357. The SMILES string of the molecule is O=C1OC2CCCCC2=C1c1ccccc1. The van der Waals surface area contributed by atoms with Gasteiger partial charge in [0.25, 0.3) is 0 Å². The molecule has 0 amide bonds. The molecule has 1 heterocycles. The van der Waals surface area contributed by atoms with Gasteiger partial charge in [0.15, 0.2) is 0 Å². The number of carbonyl (C=O) groups is 1. The van der Waals surface area contributed by atoms with Crippen LogP contribution in [0.25, 0.3) is 5.57 Å². The van der Waals surface area contributed by atoms with Crippen LogP contribution in [0.15, 0.2) is 35.9 Å². The maximum atomic E-state index is 11.9. The summed E-state index contributed by atoms with van der Waals surface area (Å²) in [4.78, 5) is 11.9. The zero-order valence-electron chi connectivity index (χ0n) is 9.11. The lowest BCUT2D eigenvalue weighted by molar-refractivity contribution is -0.138. The van der Waals surface area contributed by atoms with E-state index in [-0.39, 0.29) is 12.1 Å². The minimum Gasteiger partial charge on any atom is -0.454 e. The maximum absolute atomic E-state index is 11.9. The molecule has 1 fully saturated rings. The standard InChI is InChI=1S/C14H14O2/c15-14-13(10-6-2-1-3-7-10)11-8-4-5-9-12(11)16-14/h1-3,6-7,12H,4-5,8-9H2. The van der Waals surface area contributed by atoms with Crippen LogP contribution in [0.2, 0.25) is 0 Å². The maximum Gasteiger partial charge on any atom is 0.339 e. The Kier molecular flexibility index (Phi) is 2.28. The zero-order chi connectivity index (χ0) is 11.0. The van der Waals surface area contributed by atoms with E-state index in [1.165, 1.54) is 18.4 Å². The van der Waals surface area contributed by atoms with E-state index in [9.17, 15) is 4.79 Å². The Morgan fingerprint density at radius 3 is 2.75 bits per heavy atom. The van der Waals surface area contributed by atoms with E-state index in [1.54, 1.807) is 0 Å². The Hall–Kier alpha value is -1.57. The second-order valence-electron chi connectivity index (χ2n) is 4.41. The molecule has 0 radical (unpaired) electrons. The van der Waals surface area contributed by atoms with Gasteiger partial charge in [-0.15, -0.1) is 0 Å². The number of esters is 1. The van der Waals surface area contributed by atoms with Crippen LogP contribution in [-0.2, 0) is 9.53 Å². The molecule has 2 nitrogen and oxygen atoms in total. The van der Waals surface area contributed by atoms with E-state index in [4.69, 9.17) is 4.74 Å². The van der Waals surface area contributed by atoms with Gasteiger partial charge in [-0.3, -0.25) is 0 Å². The average molecular weight is 214 g/mol. The summed E-state index contributed by atoms with van der Waals surface area (Å²) in [7, 11) is 0. The van der Waals surface area contributed by atoms with Gasteiger partial charge in [0.1, 0.15) is 6.10 Å². The molecule has 0 saturated heterocycles. The van der Waals surface area contributed by atoms with Crippen molar-refractivity contribution < 1.29 is 9.53 Å². The third-order valence-corrected chi connectivity index (χ3v) is 3.39. The normalized spacial score (nSPS) is 24.2. The van der Waals surface area contributed by atoms with E-state index >= 15 is 0 Å². The Labute approximate surface area is 94.9 Å². The minimum atomic E-state index is -0.131. The predicted octanol–water partition coefficient (Wildman–Crippen LogP) is 2.94. The third kappa shape index (κ3) is 1.45. The first-order valence-corrected chi connectivity index (χ1v) is 5.86. The van der Waals surface area contributed by atoms with E-state index in [1.807, 2.05) is 30.3 Å². The molecule has 1 unspecified atom stereocenters. The smallest absolute Gasteiger partial charge is 0.339 e. The van der Waals surface area contributed by atoms with Crippen molar-refractivity contribution >= 4 is 11.5 Å². The molecule has 3 rings (SSSR count). The molecule has 0 bridgehead atoms. The van der Waals surface area contributed by atoms with Crippen LogP contribution < -0.4 is 0 Å². The molecule has 1 aliphatic heterocycles. The summed E-state index contributed by atoms with van der Waals surface area (Å²) in [5.41, 5.74) is 3.06. The van der Waals surface area contributed by atoms with Crippen LogP contribution in [0.3, 0.4) is 0 Å². The van der Waals surface area contributed by atoms with Gasteiger partial charge in [0, 0.05) is 0 Å². The van der Waals surface area contributed by atoms with Gasteiger partial charge in [-0.2, -0.15) is 0 Å². The fourth-order valence-corrected chi connectivity index (χ4v) is 2.62. The molecule has 16 heavy (non-hydrogen) atoms. The lowest BCUT2D eigenvalue weighted by Gasteiger charge is -2.19. The Bertz CT molecular complexity index is 445. The van der Waals surface area contributed by atoms with Crippen LogP contribution in [0.4, 0.5) is 0 Å². The molecule has 0 spiro atoms. The Balaban J connectivity index is 2.07. The first kappa shape index (κ1) is 9.64. The molecular formula is C14H14O2. The van der Waals surface area contributed by atoms with Crippen molar-refractivity contribution in [2.75, 3.05) is 0 Å². The summed E-state index contributed by atoms with van der Waals surface area (Å²) < 4.78 is 5.42. The number of hydrogen-bond donors (Lipinski definition) is 0. The summed E-state index contributed by atoms with van der Waals surface area (Å²) >= 11 is 0. The third-order valence-electron chi connectivity index (χ3n) is 3.39. The van der Waals surface area contributed by atoms with Gasteiger partial charge in [0.05, 0.1) is 5.57 Å². The number of fused-ring (bicyclic) bond motifs is 1. The summed E-state index contributed by atoms with van der Waals surface area (Å²) in [5, 5.41) is 0. The van der Waals surface area contributed by atoms with Crippen molar-refractivity contribution in [2.45, 2.75) is 31.8 Å². The number of hydrogen-bond acceptors (Lipinski definition) is 2. The van der Waals surface area contributed by atoms with Crippen LogP contribution in [0, 0.1) is 0 Å². The molecule has 0 aromatic heterocycles. The van der Waals surface area contributed by atoms with Crippen molar-refractivity contribution in [3.8, 4) is 0 Å². The molecule has 1 atom stereocenters. The molecular weight excluding hydrogens is 200 g/mol. The van der Waals surface area contributed by atoms with E-state index in [0.29, 0.717) is 0 Å². The highest BCUT2D eigenvalue weighted by Gasteiger charge is 2.35. The second kappa shape index (κ2) is 3.78. The quantitative estimate of drug-likeness (QED) is 0.672.